The summed E-state index contributed by atoms with van der Waals surface area (Å²) in [5.74, 6) is 0. The maximum Gasteiger partial charge on any atom is 0.105 e. The van der Waals surface area contributed by atoms with Crippen LogP contribution in [0, 0.1) is 10.4 Å². The number of nitrogens with zero attached hydrogens (tertiary/aromatic N) is 4. The normalized spacial score (nSPS) is 11.3. The molecule has 10 nitrogen and oxygen atoms in total. The molecule has 0 radical (unpaired) electrons. The summed E-state index contributed by atoms with van der Waals surface area (Å²) >= 11 is 0. The third-order valence-electron chi connectivity index (χ3n) is 2.81. The summed E-state index contributed by atoms with van der Waals surface area (Å²) in [6.45, 7) is 0.657. The van der Waals surface area contributed by atoms with Crippen molar-refractivity contribution in [1.82, 2.24) is 11.2 Å². The highest BCUT2D eigenvalue weighted by Crippen LogP contribution is 1.99. The lowest BCUT2D eigenvalue weighted by Crippen LogP contribution is -2.22. The fourth-order valence-electron chi connectivity index (χ4n) is 1.57. The molecule has 2 aromatic carbocycles. The minimum atomic E-state index is 0.253. The van der Waals surface area contributed by atoms with Crippen molar-refractivity contribution in [2.45, 2.75) is 13.2 Å². The van der Waals surface area contributed by atoms with Crippen LogP contribution in [0.2, 0.25) is 0 Å². The Morgan fingerprint density at radius 3 is 1.38 bits per heavy atom. The molecular weight excluding hydrogens is 340 g/mol. The number of hydrazine groups is 2. The van der Waals surface area contributed by atoms with E-state index in [9.17, 15) is 10.4 Å². The molecule has 26 heavy (non-hydrogen) atoms. The first-order valence-corrected chi connectivity index (χ1v) is 7.62. The molecular formula is C16H22N6O4. The van der Waals surface area contributed by atoms with Crippen LogP contribution in [-0.2, 0) is 22.9 Å². The standard InChI is InChI=1S/2C8H11N3O2/c2*1-9-11(12)10-13-7-8-5-3-2-4-6-8/h2*2-6H,7H2,1H3,(H,9,10). The van der Waals surface area contributed by atoms with E-state index in [2.05, 4.69) is 21.4 Å². The Morgan fingerprint density at radius 2 is 1.08 bits per heavy atom. The van der Waals surface area contributed by atoms with Gasteiger partial charge in [0.25, 0.3) is 0 Å². The zero-order chi connectivity index (χ0) is 19.0. The van der Waals surface area contributed by atoms with Crippen LogP contribution < -0.4 is 11.2 Å². The molecule has 0 aliphatic rings. The van der Waals surface area contributed by atoms with Crippen molar-refractivity contribution < 1.29 is 19.6 Å². The Kier molecular flexibility index (Phi) is 10.5. The Bertz CT molecular complexity index is 607. The van der Waals surface area contributed by atoms with Gasteiger partial charge >= 0.3 is 0 Å². The molecule has 0 spiro atoms. The lowest BCUT2D eigenvalue weighted by molar-refractivity contribution is -0.645. The predicted octanol–water partition coefficient (Wildman–Crippen LogP) is 2.43. The summed E-state index contributed by atoms with van der Waals surface area (Å²) in [6.07, 6.45) is 0. The van der Waals surface area contributed by atoms with E-state index >= 15 is 0 Å². The zero-order valence-electron chi connectivity index (χ0n) is 14.6. The fourth-order valence-corrected chi connectivity index (χ4v) is 1.57. The molecule has 2 N–H and O–H groups in total. The van der Waals surface area contributed by atoms with E-state index in [1.807, 2.05) is 60.7 Å². The van der Waals surface area contributed by atoms with Crippen LogP contribution in [0.15, 0.2) is 70.9 Å². The van der Waals surface area contributed by atoms with Gasteiger partial charge in [-0.15, -0.1) is 0 Å². The summed E-state index contributed by atoms with van der Waals surface area (Å²) in [4.78, 5) is 10.2. The molecule has 0 heterocycles. The van der Waals surface area contributed by atoms with Gasteiger partial charge in [0.1, 0.15) is 13.2 Å². The van der Waals surface area contributed by atoms with E-state index in [0.717, 1.165) is 11.1 Å². The number of nitrogens with one attached hydrogen (secondary N) is 2. The second-order valence-corrected chi connectivity index (χ2v) is 4.68. The van der Waals surface area contributed by atoms with E-state index in [4.69, 9.17) is 9.68 Å². The first kappa shape index (κ1) is 20.8. The van der Waals surface area contributed by atoms with Gasteiger partial charge < -0.3 is 10.4 Å². The summed E-state index contributed by atoms with van der Waals surface area (Å²) in [5.41, 5.74) is 6.16. The summed E-state index contributed by atoms with van der Waals surface area (Å²) < 4.78 is 0. The average molecular weight is 362 g/mol. The monoisotopic (exact) mass is 362 g/mol. The average Bonchev–Trinajstić information content (AvgIpc) is 2.70. The SMILES string of the molecule is CN=[N+]([O-])NOCc1ccccc1.CN=[N+]([O-])NOCc1ccccc1. The van der Waals surface area contributed by atoms with Crippen LogP contribution in [0.5, 0.6) is 0 Å². The highest BCUT2D eigenvalue weighted by atomic mass is 16.8. The minimum absolute atomic E-state index is 0.253. The van der Waals surface area contributed by atoms with Crippen molar-refractivity contribution in [2.24, 2.45) is 10.2 Å². The molecule has 0 saturated heterocycles. The van der Waals surface area contributed by atoms with Crippen molar-refractivity contribution in [2.75, 3.05) is 14.1 Å². The maximum atomic E-state index is 10.5. The minimum Gasteiger partial charge on any atom is -0.570 e. The molecule has 0 saturated carbocycles. The van der Waals surface area contributed by atoms with Gasteiger partial charge in [0.15, 0.2) is 0 Å². The molecule has 0 fully saturated rings. The lowest BCUT2D eigenvalue weighted by atomic mass is 10.2. The van der Waals surface area contributed by atoms with Gasteiger partial charge in [-0.05, 0) is 32.5 Å². The Hall–Kier alpha value is -3.24. The van der Waals surface area contributed by atoms with Crippen LogP contribution in [0.3, 0.4) is 0 Å². The van der Waals surface area contributed by atoms with Gasteiger partial charge in [-0.1, -0.05) is 60.7 Å². The maximum absolute atomic E-state index is 10.5. The van der Waals surface area contributed by atoms with Crippen molar-refractivity contribution in [3.8, 4) is 0 Å². The van der Waals surface area contributed by atoms with Gasteiger partial charge in [-0.25, -0.2) is 9.68 Å². The molecule has 140 valence electrons. The van der Waals surface area contributed by atoms with Crippen molar-refractivity contribution in [3.63, 3.8) is 0 Å². The number of hydrogen-bond acceptors (Lipinski definition) is 6. The zero-order valence-corrected chi connectivity index (χ0v) is 14.6. The first-order chi connectivity index (χ1) is 12.7. The Labute approximate surface area is 151 Å². The summed E-state index contributed by atoms with van der Waals surface area (Å²) in [5, 5.41) is 27.6. The highest BCUT2D eigenvalue weighted by molar-refractivity contribution is 5.13. The van der Waals surface area contributed by atoms with Crippen LogP contribution in [0.25, 0.3) is 0 Å². The van der Waals surface area contributed by atoms with E-state index < -0.39 is 0 Å². The molecule has 0 atom stereocenters. The second kappa shape index (κ2) is 13.1. The first-order valence-electron chi connectivity index (χ1n) is 7.62. The third-order valence-corrected chi connectivity index (χ3v) is 2.81. The topological polar surface area (TPSA) is 119 Å². The number of hydrogen-bond donors (Lipinski definition) is 2. The molecule has 2 aromatic rings. The molecule has 0 aromatic heterocycles. The predicted molar refractivity (Wildman–Crippen MR) is 92.7 cm³/mol. The molecule has 10 heteroatoms. The van der Waals surface area contributed by atoms with Gasteiger partial charge in [-0.2, -0.15) is 0 Å². The van der Waals surface area contributed by atoms with Crippen LogP contribution in [-0.4, -0.2) is 24.0 Å². The summed E-state index contributed by atoms with van der Waals surface area (Å²) in [6, 6.07) is 19.0. The lowest BCUT2D eigenvalue weighted by Gasteiger charge is -2.02. The van der Waals surface area contributed by atoms with Gasteiger partial charge in [0.05, 0.1) is 24.0 Å². The quantitative estimate of drug-likeness (QED) is 0.423. The fraction of sp³-hybridized carbons (Fsp3) is 0.250. The molecule has 0 unspecified atom stereocenters. The van der Waals surface area contributed by atoms with E-state index in [1.165, 1.54) is 14.1 Å². The van der Waals surface area contributed by atoms with E-state index in [0.29, 0.717) is 13.2 Å². The molecule has 2 rings (SSSR count). The van der Waals surface area contributed by atoms with Crippen LogP contribution in [0.1, 0.15) is 11.1 Å². The van der Waals surface area contributed by atoms with Crippen molar-refractivity contribution in [3.05, 3.63) is 82.2 Å². The van der Waals surface area contributed by atoms with E-state index in [-0.39, 0.29) is 9.94 Å². The molecule has 0 amide bonds. The number of rotatable bonds is 8. The Balaban J connectivity index is 0.000000260. The van der Waals surface area contributed by atoms with Crippen LogP contribution in [0.4, 0.5) is 0 Å². The Morgan fingerprint density at radius 1 is 0.731 bits per heavy atom. The van der Waals surface area contributed by atoms with Gasteiger partial charge in [-0.3, -0.25) is 0 Å². The second-order valence-electron chi connectivity index (χ2n) is 4.68. The van der Waals surface area contributed by atoms with E-state index in [1.54, 1.807) is 0 Å². The highest BCUT2D eigenvalue weighted by Gasteiger charge is 1.94. The van der Waals surface area contributed by atoms with Gasteiger partial charge in [0.2, 0.25) is 0 Å². The van der Waals surface area contributed by atoms with Crippen molar-refractivity contribution >= 4 is 0 Å². The van der Waals surface area contributed by atoms with Crippen LogP contribution >= 0.6 is 0 Å². The third kappa shape index (κ3) is 9.80. The van der Waals surface area contributed by atoms with Crippen molar-refractivity contribution in [1.29, 1.82) is 0 Å². The molecule has 0 aliphatic carbocycles. The van der Waals surface area contributed by atoms with Gasteiger partial charge in [0, 0.05) is 0 Å². The molecule has 0 bridgehead atoms. The summed E-state index contributed by atoms with van der Waals surface area (Å²) in [7, 11) is 2.73. The number of benzene rings is 2. The molecule has 0 aliphatic heterocycles. The largest absolute Gasteiger partial charge is 0.570 e. The smallest absolute Gasteiger partial charge is 0.105 e.